The molecule has 1 aromatic rings. The van der Waals surface area contributed by atoms with Crippen molar-refractivity contribution in [3.8, 4) is 11.5 Å². The maximum Gasteiger partial charge on any atom is 0.238 e. The average molecular weight is 292 g/mol. The second-order valence-corrected chi connectivity index (χ2v) is 5.52. The van der Waals surface area contributed by atoms with E-state index >= 15 is 0 Å². The first-order chi connectivity index (χ1) is 10.2. The number of hydrogen-bond acceptors (Lipinski definition) is 5. The summed E-state index contributed by atoms with van der Waals surface area (Å²) >= 11 is 0. The smallest absolute Gasteiger partial charge is 0.238 e. The number of likely N-dealkylation sites (tertiary alicyclic amines) is 1. The highest BCUT2D eigenvalue weighted by molar-refractivity contribution is 5.92. The van der Waals surface area contributed by atoms with Crippen LogP contribution in [0.4, 0.5) is 5.69 Å². The summed E-state index contributed by atoms with van der Waals surface area (Å²) in [5, 5.41) is 11.8. The maximum atomic E-state index is 12.1. The van der Waals surface area contributed by atoms with Crippen LogP contribution in [0, 0.1) is 5.92 Å². The molecule has 114 valence electrons. The standard InChI is InChI=1S/C15H20N2O4/c18-6-4-11-3-5-17(8-11)9-15(19)16-12-1-2-13-14(7-12)21-10-20-13/h1-2,7,11,18H,3-6,8-10H2,(H,16,19). The first kappa shape index (κ1) is 14.2. The Kier molecular flexibility index (Phi) is 4.26. The molecular weight excluding hydrogens is 272 g/mol. The normalized spacial score (nSPS) is 20.7. The third-order valence-electron chi connectivity index (χ3n) is 3.93. The minimum atomic E-state index is -0.0292. The molecule has 1 amide bonds. The van der Waals surface area contributed by atoms with E-state index in [9.17, 15) is 4.79 Å². The fourth-order valence-electron chi connectivity index (χ4n) is 2.85. The number of rotatable bonds is 5. The SMILES string of the molecule is O=C(CN1CCC(CCO)C1)Nc1ccc2c(c1)OCO2. The Morgan fingerprint density at radius 1 is 1.38 bits per heavy atom. The van der Waals surface area contributed by atoms with Crippen LogP contribution in [0.25, 0.3) is 0 Å². The van der Waals surface area contributed by atoms with Gasteiger partial charge in [0.1, 0.15) is 0 Å². The molecule has 1 saturated heterocycles. The minimum absolute atomic E-state index is 0.0292. The molecule has 0 saturated carbocycles. The Balaban J connectivity index is 1.50. The number of carbonyl (C=O) groups excluding carboxylic acids is 1. The van der Waals surface area contributed by atoms with Crippen LogP contribution in [0.2, 0.25) is 0 Å². The van der Waals surface area contributed by atoms with Crippen LogP contribution in [0.3, 0.4) is 0 Å². The molecule has 2 aliphatic heterocycles. The van der Waals surface area contributed by atoms with Crippen LogP contribution in [-0.2, 0) is 4.79 Å². The van der Waals surface area contributed by atoms with Gasteiger partial charge in [-0.15, -0.1) is 0 Å². The van der Waals surface area contributed by atoms with Crippen LogP contribution in [0.1, 0.15) is 12.8 Å². The number of benzene rings is 1. The lowest BCUT2D eigenvalue weighted by molar-refractivity contribution is -0.117. The number of amides is 1. The van der Waals surface area contributed by atoms with Crippen molar-refractivity contribution < 1.29 is 19.4 Å². The molecule has 2 aliphatic rings. The Hall–Kier alpha value is -1.79. The molecule has 0 aliphatic carbocycles. The van der Waals surface area contributed by atoms with Crippen LogP contribution in [0.5, 0.6) is 11.5 Å². The molecule has 0 aromatic heterocycles. The van der Waals surface area contributed by atoms with E-state index in [1.807, 2.05) is 6.07 Å². The Morgan fingerprint density at radius 2 is 2.24 bits per heavy atom. The quantitative estimate of drug-likeness (QED) is 0.849. The van der Waals surface area contributed by atoms with Crippen molar-refractivity contribution in [2.24, 2.45) is 5.92 Å². The van der Waals surface area contributed by atoms with E-state index in [4.69, 9.17) is 14.6 Å². The Morgan fingerprint density at radius 3 is 3.10 bits per heavy atom. The summed E-state index contributed by atoms with van der Waals surface area (Å²) in [5.41, 5.74) is 0.718. The summed E-state index contributed by atoms with van der Waals surface area (Å²) in [6, 6.07) is 5.38. The molecule has 21 heavy (non-hydrogen) atoms. The zero-order valence-electron chi connectivity index (χ0n) is 11.9. The third kappa shape index (κ3) is 3.46. The van der Waals surface area contributed by atoms with Crippen molar-refractivity contribution >= 4 is 11.6 Å². The molecule has 6 heteroatoms. The van der Waals surface area contributed by atoms with Crippen molar-refractivity contribution in [2.45, 2.75) is 12.8 Å². The number of anilines is 1. The van der Waals surface area contributed by atoms with Crippen molar-refractivity contribution in [1.82, 2.24) is 4.90 Å². The highest BCUT2D eigenvalue weighted by Gasteiger charge is 2.23. The van der Waals surface area contributed by atoms with Gasteiger partial charge < -0.3 is 19.9 Å². The Bertz CT molecular complexity index is 520. The molecule has 3 rings (SSSR count). The summed E-state index contributed by atoms with van der Waals surface area (Å²) in [7, 11) is 0. The topological polar surface area (TPSA) is 71.0 Å². The van der Waals surface area contributed by atoms with E-state index in [1.54, 1.807) is 12.1 Å². The molecule has 0 radical (unpaired) electrons. The van der Waals surface area contributed by atoms with Gasteiger partial charge >= 0.3 is 0 Å². The second kappa shape index (κ2) is 6.32. The molecule has 1 atom stereocenters. The van der Waals surface area contributed by atoms with Gasteiger partial charge in [-0.3, -0.25) is 9.69 Å². The van der Waals surface area contributed by atoms with E-state index in [1.165, 1.54) is 0 Å². The van der Waals surface area contributed by atoms with Crippen molar-refractivity contribution in [2.75, 3.05) is 38.4 Å². The first-order valence-electron chi connectivity index (χ1n) is 7.27. The number of aliphatic hydroxyl groups is 1. The van der Waals surface area contributed by atoms with Crippen molar-refractivity contribution in [1.29, 1.82) is 0 Å². The number of carbonyl (C=O) groups is 1. The van der Waals surface area contributed by atoms with Gasteiger partial charge in [0.25, 0.3) is 0 Å². The van der Waals surface area contributed by atoms with Crippen molar-refractivity contribution in [3.05, 3.63) is 18.2 Å². The fraction of sp³-hybridized carbons (Fsp3) is 0.533. The average Bonchev–Trinajstić information content (AvgIpc) is 3.08. The zero-order valence-corrected chi connectivity index (χ0v) is 11.9. The van der Waals surface area contributed by atoms with Gasteiger partial charge in [-0.05, 0) is 37.4 Å². The molecule has 0 spiro atoms. The largest absolute Gasteiger partial charge is 0.454 e. The van der Waals surface area contributed by atoms with E-state index in [2.05, 4.69) is 10.2 Å². The van der Waals surface area contributed by atoms with E-state index in [-0.39, 0.29) is 19.3 Å². The summed E-state index contributed by atoms with van der Waals surface area (Å²) < 4.78 is 10.5. The number of hydrogen-bond donors (Lipinski definition) is 2. The second-order valence-electron chi connectivity index (χ2n) is 5.52. The molecular formula is C15H20N2O4. The van der Waals surface area contributed by atoms with Gasteiger partial charge in [-0.25, -0.2) is 0 Å². The summed E-state index contributed by atoms with van der Waals surface area (Å²) in [4.78, 5) is 14.2. The molecule has 1 aromatic carbocycles. The van der Waals surface area contributed by atoms with Crippen LogP contribution in [0.15, 0.2) is 18.2 Å². The lowest BCUT2D eigenvalue weighted by Crippen LogP contribution is -2.31. The highest BCUT2D eigenvalue weighted by atomic mass is 16.7. The predicted molar refractivity (Wildman–Crippen MR) is 77.4 cm³/mol. The molecule has 6 nitrogen and oxygen atoms in total. The molecule has 2 N–H and O–H groups in total. The van der Waals surface area contributed by atoms with Gasteiger partial charge in [0.2, 0.25) is 12.7 Å². The molecule has 1 unspecified atom stereocenters. The van der Waals surface area contributed by atoms with Gasteiger partial charge in [-0.2, -0.15) is 0 Å². The summed E-state index contributed by atoms with van der Waals surface area (Å²) in [5.74, 6) is 1.85. The van der Waals surface area contributed by atoms with Gasteiger partial charge in [-0.1, -0.05) is 0 Å². The number of aliphatic hydroxyl groups excluding tert-OH is 1. The van der Waals surface area contributed by atoms with Crippen molar-refractivity contribution in [3.63, 3.8) is 0 Å². The number of ether oxygens (including phenoxy) is 2. The van der Waals surface area contributed by atoms with Gasteiger partial charge in [0.15, 0.2) is 11.5 Å². The fourth-order valence-corrected chi connectivity index (χ4v) is 2.85. The van der Waals surface area contributed by atoms with Crippen LogP contribution >= 0.6 is 0 Å². The first-order valence-corrected chi connectivity index (χ1v) is 7.27. The van der Waals surface area contributed by atoms with Crippen LogP contribution in [-0.4, -0.2) is 48.9 Å². The molecule has 0 bridgehead atoms. The predicted octanol–water partition coefficient (Wildman–Crippen LogP) is 1.06. The maximum absolute atomic E-state index is 12.1. The number of nitrogens with zero attached hydrogens (tertiary/aromatic N) is 1. The van der Waals surface area contributed by atoms with E-state index in [0.29, 0.717) is 24.0 Å². The number of fused-ring (bicyclic) bond motifs is 1. The summed E-state index contributed by atoms with van der Waals surface area (Å²) in [6.45, 7) is 2.64. The van der Waals surface area contributed by atoms with Crippen LogP contribution < -0.4 is 14.8 Å². The van der Waals surface area contributed by atoms with Gasteiger partial charge in [0, 0.05) is 24.9 Å². The molecule has 2 heterocycles. The Labute approximate surface area is 123 Å². The van der Waals surface area contributed by atoms with E-state index < -0.39 is 0 Å². The van der Waals surface area contributed by atoms with Gasteiger partial charge in [0.05, 0.1) is 6.54 Å². The third-order valence-corrected chi connectivity index (χ3v) is 3.93. The van der Waals surface area contributed by atoms with E-state index in [0.717, 1.165) is 31.6 Å². The highest BCUT2D eigenvalue weighted by Crippen LogP contribution is 2.34. The number of nitrogens with one attached hydrogen (secondary N) is 1. The summed E-state index contributed by atoms with van der Waals surface area (Å²) in [6.07, 6.45) is 1.87. The molecule has 1 fully saturated rings. The lowest BCUT2D eigenvalue weighted by Gasteiger charge is -2.15. The lowest BCUT2D eigenvalue weighted by atomic mass is 10.1. The monoisotopic (exact) mass is 292 g/mol. The minimum Gasteiger partial charge on any atom is -0.454 e. The zero-order chi connectivity index (χ0) is 14.7.